The first-order valence-corrected chi connectivity index (χ1v) is 5.75. The molecule has 3 heteroatoms. The maximum absolute atomic E-state index is 4.34. The first kappa shape index (κ1) is 9.46. The smallest absolute Gasteiger partial charge is 0.207 e. The lowest BCUT2D eigenvalue weighted by molar-refractivity contribution is 0.633. The number of anilines is 2. The van der Waals surface area contributed by atoms with E-state index in [9.17, 15) is 0 Å². The van der Waals surface area contributed by atoms with Gasteiger partial charge in [0, 0.05) is 24.6 Å². The molecule has 1 fully saturated rings. The molecule has 0 aliphatic heterocycles. The van der Waals surface area contributed by atoms with Gasteiger partial charge < -0.3 is 9.88 Å². The van der Waals surface area contributed by atoms with Crippen LogP contribution in [0.3, 0.4) is 0 Å². The summed E-state index contributed by atoms with van der Waals surface area (Å²) in [7, 11) is 0. The zero-order valence-electron chi connectivity index (χ0n) is 9.13. The van der Waals surface area contributed by atoms with E-state index in [2.05, 4.69) is 27.0 Å². The van der Waals surface area contributed by atoms with Gasteiger partial charge in [0.2, 0.25) is 5.95 Å². The maximum atomic E-state index is 4.34. The van der Waals surface area contributed by atoms with Gasteiger partial charge in [0.25, 0.3) is 0 Å². The fourth-order valence-electron chi connectivity index (χ4n) is 1.81. The Labute approximate surface area is 95.1 Å². The molecular formula is C13H15N3. The highest BCUT2D eigenvalue weighted by Gasteiger charge is 2.22. The number of hydrogen-bond acceptors (Lipinski definition) is 2. The first-order chi connectivity index (χ1) is 7.92. The van der Waals surface area contributed by atoms with E-state index >= 15 is 0 Å². The third kappa shape index (κ3) is 2.08. The average Bonchev–Trinajstić information content (AvgIpc) is 3.02. The van der Waals surface area contributed by atoms with Crippen molar-refractivity contribution in [3.8, 4) is 0 Å². The topological polar surface area (TPSA) is 29.9 Å². The highest BCUT2D eigenvalue weighted by atomic mass is 15.2. The molecule has 0 amide bonds. The number of nitrogens with zero attached hydrogens (tertiary/aromatic N) is 2. The van der Waals surface area contributed by atoms with Crippen molar-refractivity contribution in [1.82, 2.24) is 9.55 Å². The number of benzene rings is 1. The molecule has 1 aliphatic carbocycles. The standard InChI is InChI=1S/C13H15N3/c1-2-4-12(5-3-1)15-13-14-8-9-16(13)10-11-6-7-11/h1-5,8-9,11H,6-7,10H2,(H,14,15). The lowest BCUT2D eigenvalue weighted by Crippen LogP contribution is -2.04. The van der Waals surface area contributed by atoms with Gasteiger partial charge in [-0.2, -0.15) is 0 Å². The molecule has 0 bridgehead atoms. The van der Waals surface area contributed by atoms with Crippen molar-refractivity contribution < 1.29 is 0 Å². The summed E-state index contributed by atoms with van der Waals surface area (Å²) in [5, 5.41) is 3.34. The minimum absolute atomic E-state index is 0.866. The van der Waals surface area contributed by atoms with Crippen LogP contribution in [-0.4, -0.2) is 9.55 Å². The monoisotopic (exact) mass is 213 g/mol. The Kier molecular flexibility index (Phi) is 2.37. The highest BCUT2D eigenvalue weighted by Crippen LogP contribution is 2.31. The van der Waals surface area contributed by atoms with Gasteiger partial charge >= 0.3 is 0 Å². The number of hydrogen-bond donors (Lipinski definition) is 1. The second-order valence-electron chi connectivity index (χ2n) is 4.34. The van der Waals surface area contributed by atoms with Crippen LogP contribution in [0.1, 0.15) is 12.8 Å². The van der Waals surface area contributed by atoms with Crippen LogP contribution in [0.5, 0.6) is 0 Å². The molecule has 0 atom stereocenters. The molecule has 1 aliphatic rings. The van der Waals surface area contributed by atoms with E-state index in [1.165, 1.54) is 12.8 Å². The largest absolute Gasteiger partial charge is 0.326 e. The second kappa shape index (κ2) is 4.00. The molecule has 82 valence electrons. The molecule has 16 heavy (non-hydrogen) atoms. The SMILES string of the molecule is c1ccc(Nc2nccn2CC2CC2)cc1. The molecule has 1 aromatic carbocycles. The molecular weight excluding hydrogens is 198 g/mol. The van der Waals surface area contributed by atoms with Gasteiger partial charge in [0.15, 0.2) is 0 Å². The van der Waals surface area contributed by atoms with E-state index in [-0.39, 0.29) is 0 Å². The summed E-state index contributed by atoms with van der Waals surface area (Å²) in [6.07, 6.45) is 6.63. The molecule has 0 radical (unpaired) electrons. The Balaban J connectivity index is 1.76. The third-order valence-corrected chi connectivity index (χ3v) is 2.90. The molecule has 1 aromatic heterocycles. The molecule has 3 rings (SSSR count). The Morgan fingerprint density at radius 3 is 2.81 bits per heavy atom. The van der Waals surface area contributed by atoms with Crippen LogP contribution in [0, 0.1) is 5.92 Å². The zero-order chi connectivity index (χ0) is 10.8. The van der Waals surface area contributed by atoms with Gasteiger partial charge in [-0.05, 0) is 30.9 Å². The predicted octanol–water partition coefficient (Wildman–Crippen LogP) is 3.04. The molecule has 3 nitrogen and oxygen atoms in total. The minimum Gasteiger partial charge on any atom is -0.326 e. The number of aromatic nitrogens is 2. The van der Waals surface area contributed by atoms with Gasteiger partial charge in [-0.1, -0.05) is 18.2 Å². The number of para-hydroxylation sites is 1. The lowest BCUT2D eigenvalue weighted by atomic mass is 10.3. The molecule has 0 spiro atoms. The van der Waals surface area contributed by atoms with Gasteiger partial charge in [0.05, 0.1) is 0 Å². The summed E-state index contributed by atoms with van der Waals surface area (Å²) in [4.78, 5) is 4.34. The summed E-state index contributed by atoms with van der Waals surface area (Å²) >= 11 is 0. The fourth-order valence-corrected chi connectivity index (χ4v) is 1.81. The lowest BCUT2D eigenvalue weighted by Gasteiger charge is -2.08. The second-order valence-corrected chi connectivity index (χ2v) is 4.34. The quantitative estimate of drug-likeness (QED) is 0.846. The van der Waals surface area contributed by atoms with Gasteiger partial charge in [-0.3, -0.25) is 0 Å². The normalized spacial score (nSPS) is 15.0. The van der Waals surface area contributed by atoms with E-state index in [0.717, 1.165) is 24.1 Å². The minimum atomic E-state index is 0.866. The van der Waals surface area contributed by atoms with Crippen LogP contribution < -0.4 is 5.32 Å². The average molecular weight is 213 g/mol. The summed E-state index contributed by atoms with van der Waals surface area (Å²) < 4.78 is 2.20. The fraction of sp³-hybridized carbons (Fsp3) is 0.308. The van der Waals surface area contributed by atoms with E-state index in [4.69, 9.17) is 0 Å². The van der Waals surface area contributed by atoms with E-state index < -0.39 is 0 Å². The number of imidazole rings is 1. The Morgan fingerprint density at radius 2 is 2.06 bits per heavy atom. The highest BCUT2D eigenvalue weighted by molar-refractivity contribution is 5.52. The molecule has 0 unspecified atom stereocenters. The van der Waals surface area contributed by atoms with Crippen molar-refractivity contribution in [2.45, 2.75) is 19.4 Å². The molecule has 1 heterocycles. The number of rotatable bonds is 4. The summed E-state index contributed by atoms with van der Waals surface area (Å²) in [5.74, 6) is 1.81. The summed E-state index contributed by atoms with van der Waals surface area (Å²) in [6, 6.07) is 10.2. The first-order valence-electron chi connectivity index (χ1n) is 5.75. The van der Waals surface area contributed by atoms with Crippen LogP contribution >= 0.6 is 0 Å². The molecule has 1 N–H and O–H groups in total. The van der Waals surface area contributed by atoms with E-state index in [1.807, 2.05) is 30.6 Å². The van der Waals surface area contributed by atoms with Crippen LogP contribution in [0.25, 0.3) is 0 Å². The van der Waals surface area contributed by atoms with Crippen molar-refractivity contribution in [2.24, 2.45) is 5.92 Å². The van der Waals surface area contributed by atoms with Crippen LogP contribution in [0.15, 0.2) is 42.7 Å². The van der Waals surface area contributed by atoms with E-state index in [0.29, 0.717) is 0 Å². The van der Waals surface area contributed by atoms with Crippen molar-refractivity contribution >= 4 is 11.6 Å². The Hall–Kier alpha value is -1.77. The van der Waals surface area contributed by atoms with Gasteiger partial charge in [-0.15, -0.1) is 0 Å². The van der Waals surface area contributed by atoms with E-state index in [1.54, 1.807) is 0 Å². The molecule has 1 saturated carbocycles. The zero-order valence-corrected chi connectivity index (χ0v) is 9.13. The van der Waals surface area contributed by atoms with Crippen LogP contribution in [0.4, 0.5) is 11.6 Å². The molecule has 0 saturated heterocycles. The summed E-state index contributed by atoms with van der Waals surface area (Å²) in [5.41, 5.74) is 1.09. The van der Waals surface area contributed by atoms with Crippen molar-refractivity contribution in [3.63, 3.8) is 0 Å². The van der Waals surface area contributed by atoms with Gasteiger partial charge in [0.1, 0.15) is 0 Å². The van der Waals surface area contributed by atoms with Crippen molar-refractivity contribution in [2.75, 3.05) is 5.32 Å². The summed E-state index contributed by atoms with van der Waals surface area (Å²) in [6.45, 7) is 1.09. The predicted molar refractivity (Wildman–Crippen MR) is 64.7 cm³/mol. The maximum Gasteiger partial charge on any atom is 0.207 e. The van der Waals surface area contributed by atoms with Gasteiger partial charge in [-0.25, -0.2) is 4.98 Å². The molecule has 2 aromatic rings. The van der Waals surface area contributed by atoms with Crippen LogP contribution in [0.2, 0.25) is 0 Å². The Bertz CT molecular complexity index is 457. The van der Waals surface area contributed by atoms with Crippen LogP contribution in [-0.2, 0) is 6.54 Å². The van der Waals surface area contributed by atoms with Crippen molar-refractivity contribution in [3.05, 3.63) is 42.7 Å². The number of nitrogens with one attached hydrogen (secondary N) is 1. The third-order valence-electron chi connectivity index (χ3n) is 2.90. The van der Waals surface area contributed by atoms with Crippen molar-refractivity contribution in [1.29, 1.82) is 0 Å². The Morgan fingerprint density at radius 1 is 1.25 bits per heavy atom.